The highest BCUT2D eigenvalue weighted by Gasteiger charge is 2.44. The summed E-state index contributed by atoms with van der Waals surface area (Å²) in [6.07, 6.45) is 5.11. The lowest BCUT2D eigenvalue weighted by Gasteiger charge is -2.26. The molecule has 0 radical (unpaired) electrons. The highest BCUT2D eigenvalue weighted by molar-refractivity contribution is 5.91. The van der Waals surface area contributed by atoms with Crippen molar-refractivity contribution in [2.75, 3.05) is 7.11 Å². The predicted molar refractivity (Wildman–Crippen MR) is 85.5 cm³/mol. The van der Waals surface area contributed by atoms with E-state index in [1.54, 1.807) is 25.1 Å². The Morgan fingerprint density at radius 1 is 1.40 bits per heavy atom. The Bertz CT molecular complexity index is 845. The Hall–Kier alpha value is -2.57. The number of ether oxygens (including phenoxy) is 1. The predicted octanol–water partition coefficient (Wildman–Crippen LogP) is 4.01. The van der Waals surface area contributed by atoms with Crippen molar-refractivity contribution in [2.45, 2.75) is 31.7 Å². The fourth-order valence-electron chi connectivity index (χ4n) is 3.37. The van der Waals surface area contributed by atoms with Crippen molar-refractivity contribution >= 4 is 11.5 Å². The Morgan fingerprint density at radius 3 is 2.80 bits per heavy atom. The van der Waals surface area contributed by atoms with Crippen LogP contribution in [0, 0.1) is 12.7 Å². The molecule has 1 heterocycles. The van der Waals surface area contributed by atoms with Gasteiger partial charge in [0.1, 0.15) is 11.2 Å². The molecule has 25 heavy (non-hydrogen) atoms. The summed E-state index contributed by atoms with van der Waals surface area (Å²) < 4.78 is 45.0. The maximum Gasteiger partial charge on any atom is 0.333 e. The Kier molecular flexibility index (Phi) is 4.41. The number of alkyl halides is 2. The van der Waals surface area contributed by atoms with E-state index in [1.807, 2.05) is 0 Å². The molecule has 0 saturated heterocycles. The van der Waals surface area contributed by atoms with Gasteiger partial charge in [-0.3, -0.25) is 4.79 Å². The maximum absolute atomic E-state index is 14.0. The maximum atomic E-state index is 14.0. The van der Waals surface area contributed by atoms with Crippen LogP contribution in [0.5, 0.6) is 0 Å². The summed E-state index contributed by atoms with van der Waals surface area (Å²) in [5.74, 6) is -0.911. The average molecular weight is 350 g/mol. The molecule has 1 atom stereocenters. The van der Waals surface area contributed by atoms with E-state index in [4.69, 9.17) is 4.74 Å². The molecule has 0 fully saturated rings. The molecule has 0 spiro atoms. The van der Waals surface area contributed by atoms with Crippen LogP contribution in [0.3, 0.4) is 0 Å². The van der Waals surface area contributed by atoms with Gasteiger partial charge in [0.15, 0.2) is 0 Å². The summed E-state index contributed by atoms with van der Waals surface area (Å²) in [4.78, 5) is 12.6. The Morgan fingerprint density at radius 2 is 2.16 bits per heavy atom. The summed E-state index contributed by atoms with van der Waals surface area (Å²) in [6, 6.07) is 4.57. The summed E-state index contributed by atoms with van der Waals surface area (Å²) in [7, 11) is 1.28. The van der Waals surface area contributed by atoms with Gasteiger partial charge in [0, 0.05) is 11.8 Å². The largest absolute Gasteiger partial charge is 0.468 e. The molecule has 7 heteroatoms. The number of hydrogen-bond acceptors (Lipinski definition) is 3. The number of nitrogens with zero attached hydrogens (tertiary/aromatic N) is 2. The van der Waals surface area contributed by atoms with Gasteiger partial charge in [-0.15, -0.1) is 0 Å². The molecule has 3 rings (SSSR count). The number of carbonyl (C=O) groups excluding carboxylic acids is 1. The van der Waals surface area contributed by atoms with E-state index < -0.39 is 23.8 Å². The van der Waals surface area contributed by atoms with Gasteiger partial charge in [0.05, 0.1) is 13.3 Å². The number of benzene rings is 1. The zero-order valence-corrected chi connectivity index (χ0v) is 13.8. The summed E-state index contributed by atoms with van der Waals surface area (Å²) >= 11 is 0. The minimum absolute atomic E-state index is 0.369. The Labute approximate surface area is 142 Å². The topological polar surface area (TPSA) is 44.1 Å². The van der Waals surface area contributed by atoms with Crippen molar-refractivity contribution in [3.05, 3.63) is 59.2 Å². The van der Waals surface area contributed by atoms with Crippen LogP contribution in [0.25, 0.3) is 5.57 Å². The van der Waals surface area contributed by atoms with E-state index in [1.165, 1.54) is 25.6 Å². The quantitative estimate of drug-likeness (QED) is 0.783. The number of halogens is 3. The molecule has 0 aliphatic heterocycles. The summed E-state index contributed by atoms with van der Waals surface area (Å²) in [5, 5.41) is 3.63. The second-order valence-corrected chi connectivity index (χ2v) is 6.03. The third kappa shape index (κ3) is 2.83. The standard InChI is InChI=1S/C18H17F3N2O2/c1-11-14(4-3-5-15(11)19)18(16(24)25-2)7-6-12(8-18)13-9-22-23(10-13)17(20)21/h3-5,8-10,17H,6-7H2,1-2H3. The van der Waals surface area contributed by atoms with Crippen LogP contribution >= 0.6 is 0 Å². The van der Waals surface area contributed by atoms with Gasteiger partial charge >= 0.3 is 12.5 Å². The average Bonchev–Trinajstić information content (AvgIpc) is 3.24. The fraction of sp³-hybridized carbons (Fsp3) is 0.333. The van der Waals surface area contributed by atoms with Gasteiger partial charge in [-0.25, -0.2) is 9.07 Å². The van der Waals surface area contributed by atoms with Crippen LogP contribution in [0.1, 0.15) is 36.1 Å². The van der Waals surface area contributed by atoms with Gasteiger partial charge in [-0.05, 0) is 42.5 Å². The van der Waals surface area contributed by atoms with Crippen molar-refractivity contribution in [1.29, 1.82) is 0 Å². The van der Waals surface area contributed by atoms with Crippen LogP contribution < -0.4 is 0 Å². The van der Waals surface area contributed by atoms with Gasteiger partial charge in [0.25, 0.3) is 0 Å². The van der Waals surface area contributed by atoms with Crippen molar-refractivity contribution in [3.63, 3.8) is 0 Å². The third-order valence-electron chi connectivity index (χ3n) is 4.68. The molecule has 1 aromatic heterocycles. The lowest BCUT2D eigenvalue weighted by Crippen LogP contribution is -2.34. The minimum atomic E-state index is -2.73. The molecule has 1 aliphatic rings. The lowest BCUT2D eigenvalue weighted by molar-refractivity contribution is -0.145. The van der Waals surface area contributed by atoms with Crippen LogP contribution in [0.4, 0.5) is 13.2 Å². The number of allylic oxidation sites excluding steroid dienone is 1. The molecular weight excluding hydrogens is 333 g/mol. The summed E-state index contributed by atoms with van der Waals surface area (Å²) in [5.41, 5.74) is 0.980. The first kappa shape index (κ1) is 17.3. The number of hydrogen-bond donors (Lipinski definition) is 0. The van der Waals surface area contributed by atoms with Crippen LogP contribution in [0.2, 0.25) is 0 Å². The number of carbonyl (C=O) groups is 1. The molecule has 4 nitrogen and oxygen atoms in total. The number of methoxy groups -OCH3 is 1. The van der Waals surface area contributed by atoms with Gasteiger partial charge in [-0.2, -0.15) is 13.9 Å². The van der Waals surface area contributed by atoms with E-state index in [-0.39, 0.29) is 0 Å². The molecule has 0 amide bonds. The molecule has 1 unspecified atom stereocenters. The molecule has 1 aliphatic carbocycles. The molecule has 132 valence electrons. The molecule has 0 bridgehead atoms. The van der Waals surface area contributed by atoms with Crippen LogP contribution in [0.15, 0.2) is 36.7 Å². The molecule has 2 aromatic rings. The molecule has 0 saturated carbocycles. The zero-order chi connectivity index (χ0) is 18.2. The zero-order valence-electron chi connectivity index (χ0n) is 13.8. The van der Waals surface area contributed by atoms with Crippen molar-refractivity contribution in [1.82, 2.24) is 9.78 Å². The number of aromatic nitrogens is 2. The fourth-order valence-corrected chi connectivity index (χ4v) is 3.37. The second kappa shape index (κ2) is 6.38. The number of esters is 1. The van der Waals surface area contributed by atoms with Gasteiger partial charge < -0.3 is 4.74 Å². The lowest BCUT2D eigenvalue weighted by atomic mass is 9.78. The second-order valence-electron chi connectivity index (χ2n) is 6.03. The van der Waals surface area contributed by atoms with Crippen molar-refractivity contribution in [2.24, 2.45) is 0 Å². The smallest absolute Gasteiger partial charge is 0.333 e. The van der Waals surface area contributed by atoms with E-state index in [0.29, 0.717) is 39.8 Å². The molecule has 1 aromatic carbocycles. The van der Waals surface area contributed by atoms with Crippen molar-refractivity contribution in [3.8, 4) is 0 Å². The Balaban J connectivity index is 2.10. The molecular formula is C18H17F3N2O2. The highest BCUT2D eigenvalue weighted by atomic mass is 19.3. The molecule has 0 N–H and O–H groups in total. The van der Waals surface area contributed by atoms with Gasteiger partial charge in [-0.1, -0.05) is 18.2 Å². The minimum Gasteiger partial charge on any atom is -0.468 e. The summed E-state index contributed by atoms with van der Waals surface area (Å²) in [6.45, 7) is -1.12. The van der Waals surface area contributed by atoms with Crippen LogP contribution in [-0.4, -0.2) is 22.9 Å². The first-order valence-electron chi connectivity index (χ1n) is 7.77. The first-order valence-corrected chi connectivity index (χ1v) is 7.77. The third-order valence-corrected chi connectivity index (χ3v) is 4.68. The van der Waals surface area contributed by atoms with Crippen molar-refractivity contribution < 1.29 is 22.7 Å². The van der Waals surface area contributed by atoms with Crippen LogP contribution in [-0.2, 0) is 14.9 Å². The van der Waals surface area contributed by atoms with E-state index >= 15 is 0 Å². The highest BCUT2D eigenvalue weighted by Crippen LogP contribution is 2.45. The monoisotopic (exact) mass is 350 g/mol. The SMILES string of the molecule is COC(=O)C1(c2cccc(F)c2C)C=C(c2cnn(C(F)F)c2)CC1. The van der Waals surface area contributed by atoms with Gasteiger partial charge in [0.2, 0.25) is 0 Å². The van der Waals surface area contributed by atoms with E-state index in [0.717, 1.165) is 0 Å². The normalized spacial score (nSPS) is 20.0. The van der Waals surface area contributed by atoms with E-state index in [2.05, 4.69) is 5.10 Å². The first-order chi connectivity index (χ1) is 11.9. The number of rotatable bonds is 4. The van der Waals surface area contributed by atoms with E-state index in [9.17, 15) is 18.0 Å².